The van der Waals surface area contributed by atoms with Gasteiger partial charge in [0.15, 0.2) is 0 Å². The number of methoxy groups -OCH3 is 1. The SMILES string of the molecule is COc1ccc(CN(C(=O)CN(c2ccc(Cl)cc2Cl)S(=O)(=O)c2ccccc2)C(C)C(=O)NC2CCCC2)cc1. The van der Waals surface area contributed by atoms with E-state index in [1.165, 1.54) is 35.2 Å². The third-order valence-electron chi connectivity index (χ3n) is 7.17. The molecule has 8 nitrogen and oxygen atoms in total. The van der Waals surface area contributed by atoms with Gasteiger partial charge in [0, 0.05) is 17.6 Å². The van der Waals surface area contributed by atoms with Crippen molar-refractivity contribution in [2.75, 3.05) is 18.0 Å². The lowest BCUT2D eigenvalue weighted by atomic mass is 10.1. The van der Waals surface area contributed by atoms with Crippen molar-refractivity contribution >= 4 is 50.7 Å². The molecule has 1 unspecified atom stereocenters. The fourth-order valence-electron chi connectivity index (χ4n) is 4.82. The van der Waals surface area contributed by atoms with Gasteiger partial charge >= 0.3 is 0 Å². The van der Waals surface area contributed by atoms with Crippen LogP contribution >= 0.6 is 23.2 Å². The molecule has 2 amide bonds. The van der Waals surface area contributed by atoms with E-state index in [9.17, 15) is 18.0 Å². The van der Waals surface area contributed by atoms with Crippen LogP contribution < -0.4 is 14.4 Å². The number of nitrogens with zero attached hydrogens (tertiary/aromatic N) is 2. The van der Waals surface area contributed by atoms with E-state index in [-0.39, 0.29) is 34.1 Å². The van der Waals surface area contributed by atoms with Crippen molar-refractivity contribution in [2.45, 2.75) is 56.1 Å². The highest BCUT2D eigenvalue weighted by atomic mass is 35.5. The number of carbonyl (C=O) groups excluding carboxylic acids is 2. The van der Waals surface area contributed by atoms with E-state index in [1.54, 1.807) is 56.5 Å². The molecule has 1 N–H and O–H groups in total. The van der Waals surface area contributed by atoms with Crippen molar-refractivity contribution in [1.82, 2.24) is 10.2 Å². The van der Waals surface area contributed by atoms with E-state index in [0.717, 1.165) is 35.6 Å². The number of benzene rings is 3. The summed E-state index contributed by atoms with van der Waals surface area (Å²) >= 11 is 12.5. The molecule has 11 heteroatoms. The van der Waals surface area contributed by atoms with Crippen molar-refractivity contribution in [3.8, 4) is 5.75 Å². The van der Waals surface area contributed by atoms with Gasteiger partial charge in [0.25, 0.3) is 10.0 Å². The molecule has 41 heavy (non-hydrogen) atoms. The summed E-state index contributed by atoms with van der Waals surface area (Å²) in [5.74, 6) is -0.211. The molecular formula is C30H33Cl2N3O5S. The number of hydrogen-bond acceptors (Lipinski definition) is 5. The fraction of sp³-hybridized carbons (Fsp3) is 0.333. The van der Waals surface area contributed by atoms with Gasteiger partial charge in [-0.05, 0) is 67.8 Å². The maximum atomic E-state index is 14.0. The standard InChI is InChI=1S/C30H33Cl2N3O5S/c1-21(30(37)33-24-8-6-7-9-24)34(19-22-12-15-25(40-2)16-13-22)29(36)20-35(28-17-14-23(31)18-27(28)32)41(38,39)26-10-4-3-5-11-26/h3-5,10-18,21,24H,6-9,19-20H2,1-2H3,(H,33,37). The summed E-state index contributed by atoms with van der Waals surface area (Å²) in [5.41, 5.74) is 0.849. The number of ether oxygens (including phenoxy) is 1. The second kappa shape index (κ2) is 13.6. The normalized spacial score (nSPS) is 14.3. The highest BCUT2D eigenvalue weighted by molar-refractivity contribution is 7.92. The Bertz CT molecular complexity index is 1460. The number of halogens is 2. The number of rotatable bonds is 11. The highest BCUT2D eigenvalue weighted by Crippen LogP contribution is 2.33. The molecular weight excluding hydrogens is 585 g/mol. The zero-order chi connectivity index (χ0) is 29.6. The van der Waals surface area contributed by atoms with Crippen molar-refractivity contribution in [2.24, 2.45) is 0 Å². The van der Waals surface area contributed by atoms with Crippen LogP contribution in [0.5, 0.6) is 5.75 Å². The maximum absolute atomic E-state index is 14.0. The van der Waals surface area contributed by atoms with Crippen LogP contribution in [-0.4, -0.2) is 50.9 Å². The van der Waals surface area contributed by atoms with Gasteiger partial charge in [0.1, 0.15) is 18.3 Å². The average Bonchev–Trinajstić information content (AvgIpc) is 3.48. The average molecular weight is 619 g/mol. The third-order valence-corrected chi connectivity index (χ3v) is 9.48. The molecule has 0 heterocycles. The van der Waals surface area contributed by atoms with Gasteiger partial charge in [0.2, 0.25) is 11.8 Å². The highest BCUT2D eigenvalue weighted by Gasteiger charge is 2.34. The Morgan fingerprint density at radius 2 is 1.66 bits per heavy atom. The van der Waals surface area contributed by atoms with Gasteiger partial charge in [0.05, 0.1) is 22.7 Å². The Morgan fingerprint density at radius 3 is 2.27 bits per heavy atom. The molecule has 0 bridgehead atoms. The second-order valence-electron chi connectivity index (χ2n) is 9.96. The summed E-state index contributed by atoms with van der Waals surface area (Å²) in [6, 6.07) is 18.5. The largest absolute Gasteiger partial charge is 0.497 e. The number of anilines is 1. The first-order valence-electron chi connectivity index (χ1n) is 13.4. The van der Waals surface area contributed by atoms with E-state index in [4.69, 9.17) is 27.9 Å². The van der Waals surface area contributed by atoms with Crippen molar-refractivity contribution in [1.29, 1.82) is 0 Å². The summed E-state index contributed by atoms with van der Waals surface area (Å²) in [4.78, 5) is 28.7. The Labute approximate surface area is 251 Å². The Hall–Kier alpha value is -3.27. The first-order valence-corrected chi connectivity index (χ1v) is 15.6. The summed E-state index contributed by atoms with van der Waals surface area (Å²) < 4.78 is 33.9. The van der Waals surface area contributed by atoms with Gasteiger partial charge in [-0.3, -0.25) is 13.9 Å². The quantitative estimate of drug-likeness (QED) is 0.299. The lowest BCUT2D eigenvalue weighted by molar-refractivity contribution is -0.139. The molecule has 4 rings (SSSR count). The van der Waals surface area contributed by atoms with Crippen LogP contribution in [0.2, 0.25) is 10.0 Å². The van der Waals surface area contributed by atoms with Crippen LogP contribution in [0.15, 0.2) is 77.7 Å². The molecule has 1 fully saturated rings. The molecule has 0 radical (unpaired) electrons. The Balaban J connectivity index is 1.69. The van der Waals surface area contributed by atoms with Gasteiger partial charge in [-0.25, -0.2) is 8.42 Å². The predicted molar refractivity (Wildman–Crippen MR) is 161 cm³/mol. The molecule has 1 atom stereocenters. The third kappa shape index (κ3) is 7.52. The minimum atomic E-state index is -4.22. The molecule has 0 saturated heterocycles. The predicted octanol–water partition coefficient (Wildman–Crippen LogP) is 5.67. The van der Waals surface area contributed by atoms with Gasteiger partial charge in [-0.15, -0.1) is 0 Å². The zero-order valence-electron chi connectivity index (χ0n) is 22.9. The Kier molecular flexibility index (Phi) is 10.2. The van der Waals surface area contributed by atoms with Crippen LogP contribution in [-0.2, 0) is 26.2 Å². The maximum Gasteiger partial charge on any atom is 0.264 e. The first-order chi connectivity index (χ1) is 19.6. The molecule has 1 saturated carbocycles. The van der Waals surface area contributed by atoms with Gasteiger partial charge in [-0.2, -0.15) is 0 Å². The summed E-state index contributed by atoms with van der Waals surface area (Å²) in [6.07, 6.45) is 3.87. The van der Waals surface area contributed by atoms with E-state index < -0.39 is 28.5 Å². The van der Waals surface area contributed by atoms with Crippen LogP contribution in [0.25, 0.3) is 0 Å². The van der Waals surface area contributed by atoms with Crippen molar-refractivity contribution in [3.05, 3.63) is 88.4 Å². The minimum absolute atomic E-state index is 0.00690. The molecule has 3 aromatic rings. The number of carbonyl (C=O) groups is 2. The summed E-state index contributed by atoms with van der Waals surface area (Å²) in [7, 11) is -2.66. The molecule has 1 aliphatic carbocycles. The second-order valence-corrected chi connectivity index (χ2v) is 12.7. The van der Waals surface area contributed by atoms with E-state index in [2.05, 4.69) is 5.32 Å². The molecule has 0 aliphatic heterocycles. The lowest BCUT2D eigenvalue weighted by Gasteiger charge is -2.32. The van der Waals surface area contributed by atoms with Crippen LogP contribution in [0.1, 0.15) is 38.2 Å². The number of amides is 2. The van der Waals surface area contributed by atoms with E-state index in [0.29, 0.717) is 10.8 Å². The lowest BCUT2D eigenvalue weighted by Crippen LogP contribution is -2.52. The summed E-state index contributed by atoms with van der Waals surface area (Å²) in [6.45, 7) is 1.14. The van der Waals surface area contributed by atoms with E-state index >= 15 is 0 Å². The van der Waals surface area contributed by atoms with Crippen molar-refractivity contribution < 1.29 is 22.7 Å². The van der Waals surface area contributed by atoms with Crippen LogP contribution in [0.4, 0.5) is 5.69 Å². The van der Waals surface area contributed by atoms with Crippen LogP contribution in [0.3, 0.4) is 0 Å². The molecule has 218 valence electrons. The van der Waals surface area contributed by atoms with Crippen molar-refractivity contribution in [3.63, 3.8) is 0 Å². The molecule has 0 aromatic heterocycles. The first kappa shape index (κ1) is 30.7. The van der Waals surface area contributed by atoms with Crippen LogP contribution in [0, 0.1) is 0 Å². The zero-order valence-corrected chi connectivity index (χ0v) is 25.3. The molecule has 3 aromatic carbocycles. The fourth-order valence-corrected chi connectivity index (χ4v) is 6.83. The van der Waals surface area contributed by atoms with Gasteiger partial charge in [-0.1, -0.05) is 66.4 Å². The number of hydrogen-bond donors (Lipinski definition) is 1. The number of nitrogens with one attached hydrogen (secondary N) is 1. The molecule has 1 aliphatic rings. The topological polar surface area (TPSA) is 96.0 Å². The summed E-state index contributed by atoms with van der Waals surface area (Å²) in [5, 5.41) is 3.44. The Morgan fingerprint density at radius 1 is 1.00 bits per heavy atom. The molecule has 0 spiro atoms. The number of sulfonamides is 1. The van der Waals surface area contributed by atoms with Gasteiger partial charge < -0.3 is 15.0 Å². The minimum Gasteiger partial charge on any atom is -0.497 e. The monoisotopic (exact) mass is 617 g/mol. The van der Waals surface area contributed by atoms with E-state index in [1.807, 2.05) is 0 Å². The smallest absolute Gasteiger partial charge is 0.264 e.